The van der Waals surface area contributed by atoms with E-state index in [-0.39, 0.29) is 24.0 Å². The van der Waals surface area contributed by atoms with Gasteiger partial charge in [-0.3, -0.25) is 9.59 Å². The van der Waals surface area contributed by atoms with Gasteiger partial charge in [0.15, 0.2) is 5.76 Å². The predicted molar refractivity (Wildman–Crippen MR) is 96.0 cm³/mol. The van der Waals surface area contributed by atoms with E-state index >= 15 is 0 Å². The number of nitrogens with zero attached hydrogens (tertiary/aromatic N) is 2. The molecule has 1 atom stereocenters. The molecule has 0 saturated heterocycles. The molecular weight excluding hydrogens is 337 g/mol. The molecule has 0 bridgehead atoms. The van der Waals surface area contributed by atoms with Crippen LogP contribution in [0.2, 0.25) is 0 Å². The number of benzene rings is 1. The van der Waals surface area contributed by atoms with E-state index in [1.54, 1.807) is 36.1 Å². The molecule has 6 nitrogen and oxygen atoms in total. The number of hydrogen-bond donors (Lipinski definition) is 1. The monoisotopic (exact) mass is 361 g/mol. The van der Waals surface area contributed by atoms with Gasteiger partial charge in [0.1, 0.15) is 11.9 Å². The molecular formula is C19H24FN3O3. The third-order valence-corrected chi connectivity index (χ3v) is 3.91. The highest BCUT2D eigenvalue weighted by Crippen LogP contribution is 2.11. The summed E-state index contributed by atoms with van der Waals surface area (Å²) in [5, 5.41) is 2.62. The Morgan fingerprint density at radius 2 is 1.88 bits per heavy atom. The smallest absolute Gasteiger partial charge is 0.287 e. The van der Waals surface area contributed by atoms with E-state index in [0.717, 1.165) is 0 Å². The molecule has 1 aromatic heterocycles. The molecule has 2 rings (SSSR count). The first-order valence-electron chi connectivity index (χ1n) is 8.39. The van der Waals surface area contributed by atoms with Crippen molar-refractivity contribution in [2.45, 2.75) is 19.5 Å². The van der Waals surface area contributed by atoms with Crippen molar-refractivity contribution in [1.82, 2.24) is 15.1 Å². The van der Waals surface area contributed by atoms with Gasteiger partial charge in [0.25, 0.3) is 5.91 Å². The molecule has 0 unspecified atom stereocenters. The van der Waals surface area contributed by atoms with Crippen LogP contribution in [0.4, 0.5) is 4.39 Å². The first-order chi connectivity index (χ1) is 12.4. The highest BCUT2D eigenvalue weighted by molar-refractivity contribution is 5.95. The van der Waals surface area contributed by atoms with E-state index in [1.807, 2.05) is 19.0 Å². The number of carbonyl (C=O) groups is 2. The average Bonchev–Trinajstić information content (AvgIpc) is 3.14. The lowest BCUT2D eigenvalue weighted by Crippen LogP contribution is -2.48. The first kappa shape index (κ1) is 19.7. The van der Waals surface area contributed by atoms with Crippen molar-refractivity contribution in [2.24, 2.45) is 0 Å². The molecule has 7 heteroatoms. The van der Waals surface area contributed by atoms with Crippen molar-refractivity contribution in [2.75, 3.05) is 27.2 Å². The summed E-state index contributed by atoms with van der Waals surface area (Å²) in [5.41, 5.74) is 0.434. The SMILES string of the molecule is C[C@H](NC(=O)c1ccco1)C(=O)N(CCN(C)C)Cc1ccccc1F. The second kappa shape index (κ2) is 9.15. The zero-order chi connectivity index (χ0) is 19.1. The van der Waals surface area contributed by atoms with E-state index < -0.39 is 11.9 Å². The largest absolute Gasteiger partial charge is 0.459 e. The van der Waals surface area contributed by atoms with Gasteiger partial charge in [0.2, 0.25) is 5.91 Å². The molecule has 140 valence electrons. The van der Waals surface area contributed by atoms with E-state index in [2.05, 4.69) is 5.32 Å². The molecule has 0 radical (unpaired) electrons. The fraction of sp³-hybridized carbons (Fsp3) is 0.368. The third kappa shape index (κ3) is 5.42. The summed E-state index contributed by atoms with van der Waals surface area (Å²) in [5.74, 6) is -0.967. The van der Waals surface area contributed by atoms with Crippen LogP contribution >= 0.6 is 0 Å². The topological polar surface area (TPSA) is 65.8 Å². The fourth-order valence-electron chi connectivity index (χ4n) is 2.43. The second-order valence-corrected chi connectivity index (χ2v) is 6.33. The third-order valence-electron chi connectivity index (χ3n) is 3.91. The standard InChI is InChI=1S/C19H24FN3O3/c1-14(21-18(24)17-9-6-12-26-17)19(25)23(11-10-22(2)3)13-15-7-4-5-8-16(15)20/h4-9,12,14H,10-11,13H2,1-3H3,(H,21,24)/t14-/m0/s1. The van der Waals surface area contributed by atoms with Crippen LogP contribution in [0.25, 0.3) is 0 Å². The molecule has 0 fully saturated rings. The lowest BCUT2D eigenvalue weighted by atomic mass is 10.1. The molecule has 0 aliphatic heterocycles. The Balaban J connectivity index is 2.08. The van der Waals surface area contributed by atoms with Crippen LogP contribution in [-0.4, -0.2) is 54.8 Å². The number of nitrogens with one attached hydrogen (secondary N) is 1. The molecule has 26 heavy (non-hydrogen) atoms. The lowest BCUT2D eigenvalue weighted by molar-refractivity contribution is -0.133. The Morgan fingerprint density at radius 3 is 2.50 bits per heavy atom. The van der Waals surface area contributed by atoms with Crippen molar-refractivity contribution >= 4 is 11.8 Å². The molecule has 0 aliphatic carbocycles. The highest BCUT2D eigenvalue weighted by atomic mass is 19.1. The number of likely N-dealkylation sites (N-methyl/N-ethyl adjacent to an activating group) is 1. The van der Waals surface area contributed by atoms with Gasteiger partial charge in [0, 0.05) is 25.2 Å². The van der Waals surface area contributed by atoms with Gasteiger partial charge in [-0.05, 0) is 39.2 Å². The molecule has 1 aromatic carbocycles. The van der Waals surface area contributed by atoms with Crippen molar-refractivity contribution < 1.29 is 18.4 Å². The Kier molecular flexibility index (Phi) is 6.91. The number of amides is 2. The maximum Gasteiger partial charge on any atom is 0.287 e. The van der Waals surface area contributed by atoms with Crippen molar-refractivity contribution in [3.05, 3.63) is 59.8 Å². The maximum atomic E-state index is 14.0. The number of furan rings is 1. The highest BCUT2D eigenvalue weighted by Gasteiger charge is 2.24. The van der Waals surface area contributed by atoms with E-state index in [1.165, 1.54) is 18.4 Å². The number of hydrogen-bond acceptors (Lipinski definition) is 4. The Morgan fingerprint density at radius 1 is 1.15 bits per heavy atom. The van der Waals surface area contributed by atoms with E-state index in [0.29, 0.717) is 18.7 Å². The van der Waals surface area contributed by atoms with Crippen molar-refractivity contribution in [3.8, 4) is 0 Å². The molecule has 0 aliphatic rings. The van der Waals surface area contributed by atoms with Crippen LogP contribution in [0.15, 0.2) is 47.1 Å². The Labute approximate surface area is 152 Å². The Bertz CT molecular complexity index is 731. The second-order valence-electron chi connectivity index (χ2n) is 6.33. The van der Waals surface area contributed by atoms with Crippen LogP contribution < -0.4 is 5.32 Å². The summed E-state index contributed by atoms with van der Waals surface area (Å²) < 4.78 is 19.0. The van der Waals surface area contributed by atoms with Crippen molar-refractivity contribution in [3.63, 3.8) is 0 Å². The quantitative estimate of drug-likeness (QED) is 0.782. The molecule has 0 spiro atoms. The minimum atomic E-state index is -0.762. The van der Waals surface area contributed by atoms with Gasteiger partial charge in [-0.15, -0.1) is 0 Å². The van der Waals surface area contributed by atoms with E-state index in [9.17, 15) is 14.0 Å². The minimum Gasteiger partial charge on any atom is -0.459 e. The van der Waals surface area contributed by atoms with Crippen molar-refractivity contribution in [1.29, 1.82) is 0 Å². The number of rotatable bonds is 8. The molecule has 1 heterocycles. The van der Waals surface area contributed by atoms with Gasteiger partial charge >= 0.3 is 0 Å². The first-order valence-corrected chi connectivity index (χ1v) is 8.39. The average molecular weight is 361 g/mol. The van der Waals surface area contributed by atoms with Gasteiger partial charge in [-0.2, -0.15) is 0 Å². The zero-order valence-electron chi connectivity index (χ0n) is 15.2. The van der Waals surface area contributed by atoms with Gasteiger partial charge < -0.3 is 19.5 Å². The van der Waals surface area contributed by atoms with Crippen LogP contribution in [-0.2, 0) is 11.3 Å². The normalized spacial score (nSPS) is 12.0. The predicted octanol–water partition coefficient (Wildman–Crippen LogP) is 2.13. The lowest BCUT2D eigenvalue weighted by Gasteiger charge is -2.27. The number of carbonyl (C=O) groups excluding carboxylic acids is 2. The molecule has 1 N–H and O–H groups in total. The van der Waals surface area contributed by atoms with Crippen LogP contribution in [0.1, 0.15) is 23.0 Å². The molecule has 0 saturated carbocycles. The summed E-state index contributed by atoms with van der Waals surface area (Å²) in [6, 6.07) is 8.72. The molecule has 2 amide bonds. The van der Waals surface area contributed by atoms with Gasteiger partial charge in [-0.25, -0.2) is 4.39 Å². The van der Waals surface area contributed by atoms with E-state index in [4.69, 9.17) is 4.42 Å². The van der Waals surface area contributed by atoms with Gasteiger partial charge in [-0.1, -0.05) is 18.2 Å². The van der Waals surface area contributed by atoms with Crippen LogP contribution in [0.5, 0.6) is 0 Å². The summed E-state index contributed by atoms with van der Waals surface area (Å²) in [6.45, 7) is 2.79. The van der Waals surface area contributed by atoms with Crippen LogP contribution in [0.3, 0.4) is 0 Å². The summed E-state index contributed by atoms with van der Waals surface area (Å²) >= 11 is 0. The Hall–Kier alpha value is -2.67. The fourth-order valence-corrected chi connectivity index (χ4v) is 2.43. The minimum absolute atomic E-state index is 0.138. The number of halogens is 1. The molecule has 2 aromatic rings. The van der Waals surface area contributed by atoms with Crippen LogP contribution in [0, 0.1) is 5.82 Å². The maximum absolute atomic E-state index is 14.0. The summed E-state index contributed by atoms with van der Waals surface area (Å²) in [7, 11) is 3.79. The summed E-state index contributed by atoms with van der Waals surface area (Å²) in [6.07, 6.45) is 1.39. The zero-order valence-corrected chi connectivity index (χ0v) is 15.2. The summed E-state index contributed by atoms with van der Waals surface area (Å²) in [4.78, 5) is 28.4. The van der Waals surface area contributed by atoms with Gasteiger partial charge in [0.05, 0.1) is 6.26 Å².